The van der Waals surface area contributed by atoms with E-state index in [0.29, 0.717) is 36.3 Å². The van der Waals surface area contributed by atoms with Gasteiger partial charge in [0.1, 0.15) is 5.82 Å². The zero-order valence-electron chi connectivity index (χ0n) is 15.6. The number of nitrogens with two attached hydrogens (primary N) is 1. The highest BCUT2D eigenvalue weighted by atomic mass is 32.2. The molecule has 0 saturated carbocycles. The van der Waals surface area contributed by atoms with Crippen LogP contribution in [0, 0.1) is 5.92 Å². The molecular weight excluding hydrogens is 338 g/mol. The van der Waals surface area contributed by atoms with Crippen LogP contribution in [0.4, 0.5) is 0 Å². The van der Waals surface area contributed by atoms with Gasteiger partial charge in [-0.15, -0.1) is 10.2 Å². The molecule has 0 aliphatic carbocycles. The van der Waals surface area contributed by atoms with E-state index in [1.165, 1.54) is 11.8 Å². The van der Waals surface area contributed by atoms with Gasteiger partial charge < -0.3 is 15.2 Å². The van der Waals surface area contributed by atoms with E-state index < -0.39 is 0 Å². The van der Waals surface area contributed by atoms with Crippen molar-refractivity contribution in [2.75, 3.05) is 18.8 Å². The summed E-state index contributed by atoms with van der Waals surface area (Å²) in [6, 6.07) is 0. The van der Waals surface area contributed by atoms with E-state index in [2.05, 4.69) is 30.6 Å². The number of aromatic nitrogens is 3. The fourth-order valence-corrected chi connectivity index (χ4v) is 3.18. The molecule has 0 spiro atoms. The maximum absolute atomic E-state index is 12.4. The van der Waals surface area contributed by atoms with Crippen molar-refractivity contribution < 1.29 is 9.59 Å². The van der Waals surface area contributed by atoms with Crippen molar-refractivity contribution >= 4 is 23.6 Å². The molecule has 0 aliphatic heterocycles. The monoisotopic (exact) mass is 367 g/mol. The summed E-state index contributed by atoms with van der Waals surface area (Å²) in [6.07, 6.45) is 0.697. The number of aryl methyl sites for hydroxylation is 1. The quantitative estimate of drug-likeness (QED) is 0.476. The van der Waals surface area contributed by atoms with E-state index in [1.54, 1.807) is 4.90 Å². The van der Waals surface area contributed by atoms with E-state index in [0.717, 1.165) is 17.9 Å². The van der Waals surface area contributed by atoms with Gasteiger partial charge in [0.05, 0.1) is 5.75 Å². The number of carbonyl (C=O) groups is 2. The van der Waals surface area contributed by atoms with Gasteiger partial charge in [-0.25, -0.2) is 0 Å². The first-order valence-electron chi connectivity index (χ1n) is 8.49. The van der Waals surface area contributed by atoms with Crippen molar-refractivity contribution in [3.63, 3.8) is 0 Å². The van der Waals surface area contributed by atoms with Crippen LogP contribution in [0.3, 0.4) is 0 Å². The predicted molar refractivity (Wildman–Crippen MR) is 100 cm³/mol. The summed E-state index contributed by atoms with van der Waals surface area (Å²) < 4.78 is 1.99. The minimum absolute atomic E-state index is 0.0493. The Balaban J connectivity index is 2.81. The summed E-state index contributed by atoms with van der Waals surface area (Å²) in [7, 11) is 0. The summed E-state index contributed by atoms with van der Waals surface area (Å²) in [4.78, 5) is 25.2. The number of amides is 2. The van der Waals surface area contributed by atoms with Crippen molar-refractivity contribution in [1.82, 2.24) is 19.7 Å². The lowest BCUT2D eigenvalue weighted by Crippen LogP contribution is -2.33. The number of nitrogens with zero attached hydrogens (tertiary/aromatic N) is 4. The van der Waals surface area contributed by atoms with Crippen molar-refractivity contribution in [1.29, 1.82) is 0 Å². The van der Waals surface area contributed by atoms with E-state index >= 15 is 0 Å². The number of likely N-dealkylation sites (N-methyl/N-ethyl adjacent to an activating group) is 1. The third kappa shape index (κ3) is 7.29. The molecule has 2 N–H and O–H groups in total. The second-order valence-electron chi connectivity index (χ2n) is 6.52. The van der Waals surface area contributed by atoms with Gasteiger partial charge in [0.2, 0.25) is 11.8 Å². The van der Waals surface area contributed by atoms with Crippen LogP contribution in [0.2, 0.25) is 0 Å². The number of carbonyl (C=O) groups excluding carboxylic acids is 2. The smallest absolute Gasteiger partial charge is 0.233 e. The van der Waals surface area contributed by atoms with Gasteiger partial charge in [0.25, 0.3) is 0 Å². The lowest BCUT2D eigenvalue weighted by Gasteiger charge is -2.20. The second-order valence-corrected chi connectivity index (χ2v) is 7.47. The van der Waals surface area contributed by atoms with Crippen LogP contribution < -0.4 is 5.73 Å². The van der Waals surface area contributed by atoms with Crippen LogP contribution in [-0.4, -0.2) is 50.3 Å². The lowest BCUT2D eigenvalue weighted by atomic mass is 10.2. The molecule has 1 aromatic rings. The molecule has 140 valence electrons. The number of hydrogen-bond acceptors (Lipinski definition) is 5. The summed E-state index contributed by atoms with van der Waals surface area (Å²) in [5.74, 6) is 1.12. The Kier molecular flexibility index (Phi) is 8.68. The Bertz CT molecular complexity index is 612. The fraction of sp³-hybridized carbons (Fsp3) is 0.647. The van der Waals surface area contributed by atoms with Gasteiger partial charge in [0.15, 0.2) is 5.16 Å². The van der Waals surface area contributed by atoms with Crippen molar-refractivity contribution in [2.45, 2.75) is 52.2 Å². The van der Waals surface area contributed by atoms with Gasteiger partial charge in [0, 0.05) is 32.5 Å². The number of thioether (sulfide) groups is 1. The zero-order chi connectivity index (χ0) is 19.0. The average Bonchev–Trinajstić information content (AvgIpc) is 2.89. The zero-order valence-corrected chi connectivity index (χ0v) is 16.4. The molecule has 0 aliphatic rings. The third-order valence-corrected chi connectivity index (χ3v) is 4.41. The second kappa shape index (κ2) is 10.2. The Hall–Kier alpha value is -1.83. The fourth-order valence-electron chi connectivity index (χ4n) is 2.31. The Morgan fingerprint density at radius 1 is 1.36 bits per heavy atom. The van der Waals surface area contributed by atoms with Crippen LogP contribution in [0.5, 0.6) is 0 Å². The van der Waals surface area contributed by atoms with E-state index in [9.17, 15) is 9.59 Å². The van der Waals surface area contributed by atoms with E-state index in [1.807, 2.05) is 18.4 Å². The minimum Gasteiger partial charge on any atom is -0.370 e. The van der Waals surface area contributed by atoms with Crippen molar-refractivity contribution in [3.05, 3.63) is 18.0 Å². The van der Waals surface area contributed by atoms with Crippen LogP contribution in [-0.2, 0) is 22.6 Å². The summed E-state index contributed by atoms with van der Waals surface area (Å²) in [6.45, 7) is 13.9. The van der Waals surface area contributed by atoms with Gasteiger partial charge >= 0.3 is 0 Å². The highest BCUT2D eigenvalue weighted by Crippen LogP contribution is 2.20. The molecule has 8 heteroatoms. The number of hydrogen-bond donors (Lipinski definition) is 1. The predicted octanol–water partition coefficient (Wildman–Crippen LogP) is 1.87. The normalized spacial score (nSPS) is 10.9. The summed E-state index contributed by atoms with van der Waals surface area (Å²) in [5.41, 5.74) is 6.18. The van der Waals surface area contributed by atoms with Crippen molar-refractivity contribution in [3.8, 4) is 0 Å². The van der Waals surface area contributed by atoms with Crippen molar-refractivity contribution in [2.24, 2.45) is 11.7 Å². The molecule has 1 heterocycles. The van der Waals surface area contributed by atoms with Gasteiger partial charge in [-0.1, -0.05) is 37.8 Å². The molecule has 1 rings (SSSR count). The highest BCUT2D eigenvalue weighted by Gasteiger charge is 2.18. The molecule has 2 amide bonds. The van der Waals surface area contributed by atoms with Gasteiger partial charge in [-0.3, -0.25) is 9.59 Å². The van der Waals surface area contributed by atoms with Crippen LogP contribution in [0.1, 0.15) is 39.9 Å². The highest BCUT2D eigenvalue weighted by molar-refractivity contribution is 7.99. The molecule has 0 unspecified atom stereocenters. The Morgan fingerprint density at radius 3 is 2.56 bits per heavy atom. The number of rotatable bonds is 11. The topological polar surface area (TPSA) is 94.1 Å². The molecule has 0 atom stereocenters. The first-order valence-corrected chi connectivity index (χ1v) is 9.48. The van der Waals surface area contributed by atoms with Gasteiger partial charge in [-0.05, 0) is 19.8 Å². The molecular formula is C17H29N5O2S. The molecule has 1 aromatic heterocycles. The van der Waals surface area contributed by atoms with Crippen LogP contribution in [0.15, 0.2) is 17.3 Å². The Labute approximate surface area is 154 Å². The Morgan fingerprint density at radius 2 is 2.04 bits per heavy atom. The first kappa shape index (κ1) is 21.2. The largest absolute Gasteiger partial charge is 0.370 e. The summed E-state index contributed by atoms with van der Waals surface area (Å²) >= 11 is 1.38. The van der Waals surface area contributed by atoms with Gasteiger partial charge in [-0.2, -0.15) is 0 Å². The molecule has 7 nitrogen and oxygen atoms in total. The van der Waals surface area contributed by atoms with Crippen LogP contribution in [0.25, 0.3) is 0 Å². The molecule has 25 heavy (non-hydrogen) atoms. The maximum atomic E-state index is 12.4. The minimum atomic E-state index is -0.359. The van der Waals surface area contributed by atoms with Crippen LogP contribution >= 0.6 is 11.8 Å². The molecule has 0 saturated heterocycles. The lowest BCUT2D eigenvalue weighted by molar-refractivity contribution is -0.127. The number of primary amides is 1. The molecule has 0 bridgehead atoms. The SMILES string of the molecule is C=C(C)CN(CC)C(=O)CSc1nnc(CCC(N)=O)n1CC(C)C. The molecule has 0 fully saturated rings. The average molecular weight is 368 g/mol. The maximum Gasteiger partial charge on any atom is 0.233 e. The summed E-state index contributed by atoms with van der Waals surface area (Å²) in [5, 5.41) is 9.08. The first-order chi connectivity index (χ1) is 11.7. The molecule has 0 aromatic carbocycles. The van der Waals surface area contributed by atoms with E-state index in [4.69, 9.17) is 5.73 Å². The third-order valence-electron chi connectivity index (χ3n) is 3.46. The van der Waals surface area contributed by atoms with E-state index in [-0.39, 0.29) is 18.2 Å². The standard InChI is InChI=1S/C17H29N5O2S/c1-6-21(9-12(2)3)16(24)11-25-17-20-19-15(8-7-14(18)23)22(17)10-13(4)5/h13H,2,6-11H2,1,3-5H3,(H2,18,23). The molecule has 0 radical (unpaired) electrons.